The second-order valence-electron chi connectivity index (χ2n) is 5.78. The molecule has 2 fully saturated rings. The number of ether oxygens (including phenoxy) is 1. The molecule has 17 heavy (non-hydrogen) atoms. The van der Waals surface area contributed by atoms with Crippen LogP contribution in [0.1, 0.15) is 64.7 Å². The van der Waals surface area contributed by atoms with Crippen LogP contribution in [0.15, 0.2) is 0 Å². The van der Waals surface area contributed by atoms with Gasteiger partial charge in [0, 0.05) is 6.04 Å². The van der Waals surface area contributed by atoms with Gasteiger partial charge in [-0.3, -0.25) is 0 Å². The molecule has 0 radical (unpaired) electrons. The van der Waals surface area contributed by atoms with Gasteiger partial charge in [0.05, 0.1) is 0 Å². The molecule has 3 nitrogen and oxygen atoms in total. The van der Waals surface area contributed by atoms with Gasteiger partial charge in [-0.05, 0) is 38.0 Å². The summed E-state index contributed by atoms with van der Waals surface area (Å²) in [7, 11) is 0. The lowest BCUT2D eigenvalue weighted by Gasteiger charge is -2.28. The molecule has 2 rings (SSSR count). The molecular weight excluding hydrogens is 214 g/mol. The normalized spacial score (nSPS) is 30.9. The van der Waals surface area contributed by atoms with Crippen molar-refractivity contribution in [3.63, 3.8) is 0 Å². The maximum Gasteiger partial charge on any atom is 0.407 e. The molecule has 0 aromatic carbocycles. The van der Waals surface area contributed by atoms with Gasteiger partial charge in [-0.1, -0.05) is 32.6 Å². The van der Waals surface area contributed by atoms with E-state index in [0.29, 0.717) is 12.0 Å². The van der Waals surface area contributed by atoms with Crippen LogP contribution in [0.2, 0.25) is 0 Å². The van der Waals surface area contributed by atoms with Crippen LogP contribution >= 0.6 is 0 Å². The highest BCUT2D eigenvalue weighted by molar-refractivity contribution is 5.67. The van der Waals surface area contributed by atoms with Crippen molar-refractivity contribution in [2.24, 2.45) is 5.92 Å². The molecule has 0 spiro atoms. The van der Waals surface area contributed by atoms with Crippen molar-refractivity contribution in [1.82, 2.24) is 5.32 Å². The number of hydrogen-bond acceptors (Lipinski definition) is 2. The van der Waals surface area contributed by atoms with Crippen molar-refractivity contribution in [1.29, 1.82) is 0 Å². The highest BCUT2D eigenvalue weighted by atomic mass is 16.6. The Labute approximate surface area is 104 Å². The summed E-state index contributed by atoms with van der Waals surface area (Å²) in [5, 5.41) is 3.02. The molecule has 1 amide bonds. The molecule has 2 atom stereocenters. The lowest BCUT2D eigenvalue weighted by molar-refractivity contribution is 0.0592. The summed E-state index contributed by atoms with van der Waals surface area (Å²) < 4.78 is 5.51. The Kier molecular flexibility index (Phi) is 4.69. The first-order valence-electron chi connectivity index (χ1n) is 7.21. The molecule has 2 aliphatic carbocycles. The molecule has 3 heteroatoms. The van der Waals surface area contributed by atoms with Crippen LogP contribution in [-0.2, 0) is 4.74 Å². The average molecular weight is 239 g/mol. The lowest BCUT2D eigenvalue weighted by Crippen LogP contribution is -2.39. The smallest absolute Gasteiger partial charge is 0.407 e. The molecule has 2 saturated carbocycles. The zero-order valence-electron chi connectivity index (χ0n) is 10.9. The fourth-order valence-corrected chi connectivity index (χ4v) is 3.08. The molecular formula is C14H25NO2. The Morgan fingerprint density at radius 2 is 1.82 bits per heavy atom. The van der Waals surface area contributed by atoms with Gasteiger partial charge in [0.1, 0.15) is 6.10 Å². The number of amides is 1. The van der Waals surface area contributed by atoms with E-state index in [-0.39, 0.29) is 12.2 Å². The van der Waals surface area contributed by atoms with Gasteiger partial charge in [0.25, 0.3) is 0 Å². The Morgan fingerprint density at radius 3 is 2.53 bits per heavy atom. The largest absolute Gasteiger partial charge is 0.446 e. The van der Waals surface area contributed by atoms with E-state index in [4.69, 9.17) is 4.74 Å². The molecule has 0 unspecified atom stereocenters. The fourth-order valence-electron chi connectivity index (χ4n) is 3.08. The standard InChI is InChI=1S/C14H25NO2/c1-11-6-5-9-13(10-11)17-14(16)15-12-7-3-2-4-8-12/h11-13H,2-10H2,1H3,(H,15,16)/t11-,13-/m0/s1. The number of nitrogens with one attached hydrogen (secondary N) is 1. The zero-order valence-corrected chi connectivity index (χ0v) is 10.9. The van der Waals surface area contributed by atoms with Crippen molar-refractivity contribution < 1.29 is 9.53 Å². The Hall–Kier alpha value is -0.730. The average Bonchev–Trinajstić information content (AvgIpc) is 2.30. The van der Waals surface area contributed by atoms with Gasteiger partial charge < -0.3 is 10.1 Å². The first-order chi connectivity index (χ1) is 8.24. The highest BCUT2D eigenvalue weighted by Crippen LogP contribution is 2.26. The Morgan fingerprint density at radius 1 is 1.06 bits per heavy atom. The minimum atomic E-state index is -0.184. The molecule has 0 aromatic rings. The molecule has 0 aliphatic heterocycles. The highest BCUT2D eigenvalue weighted by Gasteiger charge is 2.23. The monoisotopic (exact) mass is 239 g/mol. The summed E-state index contributed by atoms with van der Waals surface area (Å²) in [6.07, 6.45) is 10.6. The minimum Gasteiger partial charge on any atom is -0.446 e. The molecule has 1 N–H and O–H groups in total. The van der Waals surface area contributed by atoms with Gasteiger partial charge in [0.2, 0.25) is 0 Å². The Bertz CT molecular complexity index is 249. The van der Waals surface area contributed by atoms with E-state index in [1.807, 2.05) is 0 Å². The summed E-state index contributed by atoms with van der Waals surface area (Å²) in [5.41, 5.74) is 0. The van der Waals surface area contributed by atoms with Crippen LogP contribution < -0.4 is 5.32 Å². The van der Waals surface area contributed by atoms with E-state index in [9.17, 15) is 4.79 Å². The van der Waals surface area contributed by atoms with E-state index in [1.165, 1.54) is 32.1 Å². The fraction of sp³-hybridized carbons (Fsp3) is 0.929. The molecule has 0 aromatic heterocycles. The third-order valence-corrected chi connectivity index (χ3v) is 4.09. The SMILES string of the molecule is C[C@H]1CCC[C@H](OC(=O)NC2CCCCC2)C1. The predicted molar refractivity (Wildman–Crippen MR) is 67.9 cm³/mol. The van der Waals surface area contributed by atoms with Crippen LogP contribution in [0.25, 0.3) is 0 Å². The predicted octanol–water partition coefficient (Wildman–Crippen LogP) is 3.62. The van der Waals surface area contributed by atoms with Crippen LogP contribution in [0.5, 0.6) is 0 Å². The minimum absolute atomic E-state index is 0.155. The van der Waals surface area contributed by atoms with Crippen molar-refractivity contribution >= 4 is 6.09 Å². The van der Waals surface area contributed by atoms with Crippen LogP contribution in [0.4, 0.5) is 4.79 Å². The van der Waals surface area contributed by atoms with Crippen molar-refractivity contribution in [2.45, 2.75) is 76.9 Å². The first-order valence-corrected chi connectivity index (χ1v) is 7.21. The van der Waals surface area contributed by atoms with Crippen molar-refractivity contribution in [2.75, 3.05) is 0 Å². The number of carbonyl (C=O) groups excluding carboxylic acids is 1. The molecule has 0 saturated heterocycles. The maximum absolute atomic E-state index is 11.8. The number of alkyl carbamates (subject to hydrolysis) is 1. The van der Waals surface area contributed by atoms with Gasteiger partial charge in [-0.25, -0.2) is 4.79 Å². The second kappa shape index (κ2) is 6.27. The van der Waals surface area contributed by atoms with E-state index in [0.717, 1.165) is 25.7 Å². The first kappa shape index (κ1) is 12.7. The van der Waals surface area contributed by atoms with E-state index < -0.39 is 0 Å². The molecule has 0 bridgehead atoms. The summed E-state index contributed by atoms with van der Waals surface area (Å²) in [4.78, 5) is 11.8. The summed E-state index contributed by atoms with van der Waals surface area (Å²) in [5.74, 6) is 0.705. The van der Waals surface area contributed by atoms with E-state index in [1.54, 1.807) is 0 Å². The molecule has 2 aliphatic rings. The van der Waals surface area contributed by atoms with Crippen LogP contribution in [-0.4, -0.2) is 18.2 Å². The summed E-state index contributed by atoms with van der Waals surface area (Å²) >= 11 is 0. The Balaban J connectivity index is 1.68. The van der Waals surface area contributed by atoms with Gasteiger partial charge in [-0.15, -0.1) is 0 Å². The number of carbonyl (C=O) groups is 1. The zero-order chi connectivity index (χ0) is 12.1. The third-order valence-electron chi connectivity index (χ3n) is 4.09. The second-order valence-corrected chi connectivity index (χ2v) is 5.78. The third kappa shape index (κ3) is 4.21. The summed E-state index contributed by atoms with van der Waals surface area (Å²) in [6.45, 7) is 2.24. The van der Waals surface area contributed by atoms with Crippen LogP contribution in [0.3, 0.4) is 0 Å². The number of rotatable bonds is 2. The van der Waals surface area contributed by atoms with Crippen LogP contribution in [0, 0.1) is 5.92 Å². The van der Waals surface area contributed by atoms with E-state index >= 15 is 0 Å². The number of hydrogen-bond donors (Lipinski definition) is 1. The van der Waals surface area contributed by atoms with Gasteiger partial charge >= 0.3 is 6.09 Å². The maximum atomic E-state index is 11.8. The van der Waals surface area contributed by atoms with Gasteiger partial charge in [0.15, 0.2) is 0 Å². The molecule has 98 valence electrons. The lowest BCUT2D eigenvalue weighted by atomic mass is 9.89. The quantitative estimate of drug-likeness (QED) is 0.799. The van der Waals surface area contributed by atoms with E-state index in [2.05, 4.69) is 12.2 Å². The van der Waals surface area contributed by atoms with Gasteiger partial charge in [-0.2, -0.15) is 0 Å². The summed E-state index contributed by atoms with van der Waals surface area (Å²) in [6, 6.07) is 0.359. The molecule has 0 heterocycles. The topological polar surface area (TPSA) is 38.3 Å². The van der Waals surface area contributed by atoms with Crippen molar-refractivity contribution in [3.8, 4) is 0 Å². The van der Waals surface area contributed by atoms with Crippen molar-refractivity contribution in [3.05, 3.63) is 0 Å².